The number of piperidine rings is 1. The Kier molecular flexibility index (Phi) is 5.75. The lowest BCUT2D eigenvalue weighted by Gasteiger charge is -2.33. The van der Waals surface area contributed by atoms with Gasteiger partial charge in [-0.15, -0.1) is 0 Å². The Hall–Kier alpha value is -1.88. The minimum absolute atomic E-state index is 0.256. The molecular weight excluding hydrogens is 266 g/mol. The zero-order chi connectivity index (χ0) is 15.1. The van der Waals surface area contributed by atoms with E-state index in [-0.39, 0.29) is 5.91 Å². The quantitative estimate of drug-likeness (QED) is 0.892. The third-order valence-electron chi connectivity index (χ3n) is 3.69. The van der Waals surface area contributed by atoms with Crippen LogP contribution in [0.4, 0.5) is 4.79 Å². The number of hydrogen-bond acceptors (Lipinski definition) is 3. The molecule has 0 saturated carbocycles. The van der Waals surface area contributed by atoms with Crippen LogP contribution in [0.15, 0.2) is 30.3 Å². The second-order valence-corrected chi connectivity index (χ2v) is 5.26. The van der Waals surface area contributed by atoms with Crippen LogP contribution in [-0.4, -0.2) is 36.5 Å². The molecule has 1 atom stereocenters. The van der Waals surface area contributed by atoms with Gasteiger partial charge in [-0.05, 0) is 38.4 Å². The number of carbonyl (C=O) groups excluding carboxylic acids is 2. The van der Waals surface area contributed by atoms with Gasteiger partial charge in [-0.1, -0.05) is 36.8 Å². The Morgan fingerprint density at radius 2 is 1.81 bits per heavy atom. The number of benzene rings is 1. The van der Waals surface area contributed by atoms with Crippen LogP contribution in [0.5, 0.6) is 0 Å². The maximum atomic E-state index is 12.5. The van der Waals surface area contributed by atoms with Crippen LogP contribution in [-0.2, 0) is 4.79 Å². The third-order valence-corrected chi connectivity index (χ3v) is 3.69. The number of nitrogens with zero attached hydrogens (tertiary/aromatic N) is 1. The predicted molar refractivity (Wildman–Crippen MR) is 81.8 cm³/mol. The summed E-state index contributed by atoms with van der Waals surface area (Å²) in [4.78, 5) is 26.3. The van der Waals surface area contributed by atoms with E-state index in [1.807, 2.05) is 37.3 Å². The number of nitrogens with one attached hydrogen (secondary N) is 2. The molecule has 0 unspecified atom stereocenters. The van der Waals surface area contributed by atoms with Gasteiger partial charge in [0, 0.05) is 6.54 Å². The molecule has 2 rings (SSSR count). The summed E-state index contributed by atoms with van der Waals surface area (Å²) in [5.41, 5.74) is 0.932. The van der Waals surface area contributed by atoms with Crippen molar-refractivity contribution in [1.29, 1.82) is 0 Å². The molecular formula is C16H23N3O2. The highest BCUT2D eigenvalue weighted by atomic mass is 16.2. The van der Waals surface area contributed by atoms with Gasteiger partial charge in [0.05, 0.1) is 0 Å². The first-order valence-corrected chi connectivity index (χ1v) is 7.60. The Morgan fingerprint density at radius 1 is 1.14 bits per heavy atom. The fourth-order valence-corrected chi connectivity index (χ4v) is 2.72. The molecule has 0 spiro atoms. The van der Waals surface area contributed by atoms with E-state index in [1.54, 1.807) is 0 Å². The molecule has 0 aliphatic carbocycles. The van der Waals surface area contributed by atoms with Crippen LogP contribution in [0.25, 0.3) is 0 Å². The average Bonchev–Trinajstić information content (AvgIpc) is 2.50. The van der Waals surface area contributed by atoms with Gasteiger partial charge in [0.25, 0.3) is 0 Å². The van der Waals surface area contributed by atoms with Gasteiger partial charge in [0.15, 0.2) is 0 Å². The largest absolute Gasteiger partial charge is 0.338 e. The first kappa shape index (κ1) is 15.5. The highest BCUT2D eigenvalue weighted by molar-refractivity contribution is 5.97. The molecule has 5 nitrogen and oxygen atoms in total. The van der Waals surface area contributed by atoms with Crippen molar-refractivity contribution in [2.45, 2.75) is 32.2 Å². The summed E-state index contributed by atoms with van der Waals surface area (Å²) in [6.45, 7) is 4.10. The summed E-state index contributed by atoms with van der Waals surface area (Å²) >= 11 is 0. The van der Waals surface area contributed by atoms with Crippen LogP contribution in [0.3, 0.4) is 0 Å². The summed E-state index contributed by atoms with van der Waals surface area (Å²) in [6.07, 6.45) is 3.39. The van der Waals surface area contributed by atoms with E-state index >= 15 is 0 Å². The van der Waals surface area contributed by atoms with E-state index in [2.05, 4.69) is 15.5 Å². The Balaban J connectivity index is 2.15. The van der Waals surface area contributed by atoms with Gasteiger partial charge in [-0.25, -0.2) is 4.79 Å². The second-order valence-electron chi connectivity index (χ2n) is 5.26. The first-order chi connectivity index (χ1) is 10.2. The van der Waals surface area contributed by atoms with E-state index in [9.17, 15) is 9.59 Å². The SMILES string of the molecule is CCNC(=O)NC(=O)[C@H](c1ccccc1)N1CCCCC1. The number of carbonyl (C=O) groups is 2. The standard InChI is InChI=1S/C16H23N3O2/c1-2-17-16(21)18-15(20)14(13-9-5-3-6-10-13)19-11-7-4-8-12-19/h3,5-6,9-10,14H,2,4,7-8,11-12H2,1H3,(H2,17,18,20,21)/t14-/m0/s1. The molecule has 2 N–H and O–H groups in total. The highest BCUT2D eigenvalue weighted by Crippen LogP contribution is 2.24. The van der Waals surface area contributed by atoms with Gasteiger partial charge in [0.1, 0.15) is 6.04 Å². The fourth-order valence-electron chi connectivity index (χ4n) is 2.72. The molecule has 3 amide bonds. The molecule has 0 bridgehead atoms. The molecule has 1 aliphatic rings. The monoisotopic (exact) mass is 289 g/mol. The van der Waals surface area contributed by atoms with Crippen LogP contribution in [0.1, 0.15) is 37.8 Å². The zero-order valence-corrected chi connectivity index (χ0v) is 12.5. The number of imide groups is 1. The second kappa shape index (κ2) is 7.78. The minimum Gasteiger partial charge on any atom is -0.338 e. The summed E-state index contributed by atoms with van der Waals surface area (Å²) in [7, 11) is 0. The van der Waals surface area contributed by atoms with Crippen LogP contribution >= 0.6 is 0 Å². The summed E-state index contributed by atoms with van der Waals surface area (Å²) in [6, 6.07) is 8.83. The maximum Gasteiger partial charge on any atom is 0.321 e. The van der Waals surface area contributed by atoms with Crippen molar-refractivity contribution < 1.29 is 9.59 Å². The number of rotatable bonds is 4. The van der Waals surface area contributed by atoms with Gasteiger partial charge in [-0.3, -0.25) is 15.0 Å². The van der Waals surface area contributed by atoms with Crippen molar-refractivity contribution in [2.24, 2.45) is 0 Å². The Labute approximate surface area is 125 Å². The smallest absolute Gasteiger partial charge is 0.321 e. The zero-order valence-electron chi connectivity index (χ0n) is 12.5. The van der Waals surface area contributed by atoms with E-state index in [0.717, 1.165) is 31.5 Å². The van der Waals surface area contributed by atoms with Gasteiger partial charge < -0.3 is 5.32 Å². The van der Waals surface area contributed by atoms with E-state index in [0.29, 0.717) is 6.54 Å². The number of amides is 3. The molecule has 0 radical (unpaired) electrons. The van der Waals surface area contributed by atoms with Gasteiger partial charge in [0.2, 0.25) is 5.91 Å². The van der Waals surface area contributed by atoms with Crippen molar-refractivity contribution in [3.63, 3.8) is 0 Å². The van der Waals surface area contributed by atoms with Crippen LogP contribution in [0.2, 0.25) is 0 Å². The number of hydrogen-bond donors (Lipinski definition) is 2. The normalized spacial score (nSPS) is 17.0. The molecule has 0 aromatic heterocycles. The number of urea groups is 1. The Morgan fingerprint density at radius 3 is 2.43 bits per heavy atom. The van der Waals surface area contributed by atoms with E-state index < -0.39 is 12.1 Å². The summed E-state index contributed by atoms with van der Waals surface area (Å²) < 4.78 is 0. The minimum atomic E-state index is -0.430. The molecule has 5 heteroatoms. The maximum absolute atomic E-state index is 12.5. The molecule has 1 aromatic rings. The van der Waals surface area contributed by atoms with Crippen molar-refractivity contribution in [2.75, 3.05) is 19.6 Å². The molecule has 21 heavy (non-hydrogen) atoms. The van der Waals surface area contributed by atoms with Crippen molar-refractivity contribution in [1.82, 2.24) is 15.5 Å². The third kappa shape index (κ3) is 4.29. The highest BCUT2D eigenvalue weighted by Gasteiger charge is 2.29. The lowest BCUT2D eigenvalue weighted by Crippen LogP contribution is -2.47. The van der Waals surface area contributed by atoms with Crippen LogP contribution < -0.4 is 10.6 Å². The lowest BCUT2D eigenvalue weighted by molar-refractivity contribution is -0.126. The van der Waals surface area contributed by atoms with Crippen molar-refractivity contribution in [3.8, 4) is 0 Å². The lowest BCUT2D eigenvalue weighted by atomic mass is 10.0. The topological polar surface area (TPSA) is 61.4 Å². The molecule has 1 saturated heterocycles. The van der Waals surface area contributed by atoms with Gasteiger partial charge in [-0.2, -0.15) is 0 Å². The molecule has 1 aliphatic heterocycles. The predicted octanol–water partition coefficient (Wildman–Crippen LogP) is 2.06. The molecule has 1 heterocycles. The summed E-state index contributed by atoms with van der Waals surface area (Å²) in [5, 5.41) is 5.04. The summed E-state index contributed by atoms with van der Waals surface area (Å²) in [5.74, 6) is -0.256. The van der Waals surface area contributed by atoms with Crippen molar-refractivity contribution in [3.05, 3.63) is 35.9 Å². The van der Waals surface area contributed by atoms with Gasteiger partial charge >= 0.3 is 6.03 Å². The fraction of sp³-hybridized carbons (Fsp3) is 0.500. The number of likely N-dealkylation sites (tertiary alicyclic amines) is 1. The Bertz CT molecular complexity index is 470. The molecule has 1 aromatic carbocycles. The van der Waals surface area contributed by atoms with E-state index in [1.165, 1.54) is 6.42 Å². The average molecular weight is 289 g/mol. The molecule has 1 fully saturated rings. The molecule has 114 valence electrons. The first-order valence-electron chi connectivity index (χ1n) is 7.60. The van der Waals surface area contributed by atoms with E-state index in [4.69, 9.17) is 0 Å². The van der Waals surface area contributed by atoms with Crippen LogP contribution in [0, 0.1) is 0 Å². The van der Waals surface area contributed by atoms with Crippen molar-refractivity contribution >= 4 is 11.9 Å².